The van der Waals surface area contributed by atoms with Crippen LogP contribution in [0.2, 0.25) is 0 Å². The molecule has 0 aromatic heterocycles. The first-order valence-corrected chi connectivity index (χ1v) is 8.56. The van der Waals surface area contributed by atoms with Crippen LogP contribution in [0.5, 0.6) is 0 Å². The minimum atomic E-state index is -0.145. The van der Waals surface area contributed by atoms with E-state index in [1.807, 2.05) is 18.3 Å². The van der Waals surface area contributed by atoms with Gasteiger partial charge in [0.15, 0.2) is 0 Å². The molecular formula is C22H22FN. The van der Waals surface area contributed by atoms with E-state index in [9.17, 15) is 4.39 Å². The van der Waals surface area contributed by atoms with Crippen LogP contribution < -0.4 is 0 Å². The van der Waals surface area contributed by atoms with Crippen molar-refractivity contribution in [1.82, 2.24) is 0 Å². The molecule has 122 valence electrons. The van der Waals surface area contributed by atoms with E-state index in [0.29, 0.717) is 5.56 Å². The van der Waals surface area contributed by atoms with Crippen LogP contribution in [0, 0.1) is 17.2 Å². The molecule has 0 N–H and O–H groups in total. The third-order valence-corrected chi connectivity index (χ3v) is 5.10. The van der Waals surface area contributed by atoms with Crippen LogP contribution >= 0.6 is 0 Å². The lowest BCUT2D eigenvalue weighted by molar-refractivity contribution is 0.468. The molecule has 1 aromatic rings. The second-order valence-electron chi connectivity index (χ2n) is 7.77. The molecule has 1 heterocycles. The maximum Gasteiger partial charge on any atom is 0.130 e. The monoisotopic (exact) mass is 319 g/mol. The maximum atomic E-state index is 14.1. The highest BCUT2D eigenvalue weighted by atomic mass is 19.1. The average molecular weight is 319 g/mol. The van der Waals surface area contributed by atoms with Gasteiger partial charge in [0.05, 0.1) is 5.71 Å². The van der Waals surface area contributed by atoms with E-state index in [1.165, 1.54) is 17.2 Å². The van der Waals surface area contributed by atoms with Gasteiger partial charge in [0.1, 0.15) is 5.82 Å². The van der Waals surface area contributed by atoms with Crippen molar-refractivity contribution in [1.29, 1.82) is 0 Å². The molecule has 0 radical (unpaired) electrons. The Balaban J connectivity index is 1.78. The summed E-state index contributed by atoms with van der Waals surface area (Å²) in [6.07, 6.45) is 13.7. The first-order chi connectivity index (χ1) is 11.4. The van der Waals surface area contributed by atoms with E-state index in [0.717, 1.165) is 17.7 Å². The fourth-order valence-corrected chi connectivity index (χ4v) is 4.28. The second-order valence-corrected chi connectivity index (χ2v) is 7.77. The molecule has 2 atom stereocenters. The Morgan fingerprint density at radius 2 is 2.00 bits per heavy atom. The number of aliphatic imine (C=N–C) groups is 1. The summed E-state index contributed by atoms with van der Waals surface area (Å²) in [5, 5.41) is 0. The van der Waals surface area contributed by atoms with Gasteiger partial charge in [-0.15, -0.1) is 0 Å². The van der Waals surface area contributed by atoms with Crippen LogP contribution in [-0.2, 0) is 0 Å². The topological polar surface area (TPSA) is 12.4 Å². The van der Waals surface area contributed by atoms with Crippen molar-refractivity contribution in [3.05, 3.63) is 76.8 Å². The average Bonchev–Trinajstić information content (AvgIpc) is 2.52. The summed E-state index contributed by atoms with van der Waals surface area (Å²) >= 11 is 0. The van der Waals surface area contributed by atoms with Gasteiger partial charge in [0.25, 0.3) is 0 Å². The molecule has 24 heavy (non-hydrogen) atoms. The number of hydrogen-bond donors (Lipinski definition) is 0. The van der Waals surface area contributed by atoms with Gasteiger partial charge in [0, 0.05) is 23.6 Å². The molecule has 0 spiro atoms. The summed E-state index contributed by atoms with van der Waals surface area (Å²) in [5.74, 6) is 0.190. The van der Waals surface area contributed by atoms with Crippen molar-refractivity contribution >= 4 is 11.8 Å². The highest BCUT2D eigenvalue weighted by molar-refractivity contribution is 6.07. The molecule has 1 nitrogen and oxygen atoms in total. The predicted octanol–water partition coefficient (Wildman–Crippen LogP) is 5.82. The number of fused-ring (bicyclic) bond motifs is 3. The third-order valence-electron chi connectivity index (χ3n) is 5.10. The normalized spacial score (nSPS) is 26.9. The zero-order valence-corrected chi connectivity index (χ0v) is 14.4. The Kier molecular flexibility index (Phi) is 3.45. The molecule has 1 aliphatic heterocycles. The van der Waals surface area contributed by atoms with Crippen molar-refractivity contribution in [2.75, 3.05) is 0 Å². The van der Waals surface area contributed by atoms with Crippen LogP contribution in [0.3, 0.4) is 0 Å². The van der Waals surface area contributed by atoms with Crippen LogP contribution in [0.4, 0.5) is 4.39 Å². The van der Waals surface area contributed by atoms with E-state index in [1.54, 1.807) is 6.07 Å². The smallest absolute Gasteiger partial charge is 0.130 e. The van der Waals surface area contributed by atoms with E-state index in [4.69, 9.17) is 4.99 Å². The van der Waals surface area contributed by atoms with Gasteiger partial charge in [-0.05, 0) is 36.0 Å². The minimum absolute atomic E-state index is 0.145. The number of hydrogen-bond acceptors (Lipinski definition) is 1. The molecule has 1 aromatic carbocycles. The lowest BCUT2D eigenvalue weighted by atomic mass is 9.71. The van der Waals surface area contributed by atoms with E-state index < -0.39 is 0 Å². The molecule has 0 amide bonds. The highest BCUT2D eigenvalue weighted by Crippen LogP contribution is 2.42. The first-order valence-electron chi connectivity index (χ1n) is 8.56. The summed E-state index contributed by atoms with van der Waals surface area (Å²) in [6.45, 7) is 6.72. The van der Waals surface area contributed by atoms with Crippen LogP contribution in [0.15, 0.2) is 64.8 Å². The number of rotatable bonds is 1. The van der Waals surface area contributed by atoms with Gasteiger partial charge in [-0.3, -0.25) is 4.99 Å². The Bertz CT molecular complexity index is 849. The van der Waals surface area contributed by atoms with Crippen molar-refractivity contribution in [3.63, 3.8) is 0 Å². The van der Waals surface area contributed by atoms with Gasteiger partial charge < -0.3 is 0 Å². The maximum absolute atomic E-state index is 14.1. The molecule has 0 saturated carbocycles. The van der Waals surface area contributed by atoms with E-state index in [-0.39, 0.29) is 23.1 Å². The second kappa shape index (κ2) is 5.41. The molecule has 2 aliphatic carbocycles. The minimum Gasteiger partial charge on any atom is -0.260 e. The molecule has 0 bridgehead atoms. The van der Waals surface area contributed by atoms with Crippen molar-refractivity contribution in [3.8, 4) is 0 Å². The fraction of sp³-hybridized carbons (Fsp3) is 0.318. The molecule has 3 aliphatic rings. The molecule has 2 unspecified atom stereocenters. The van der Waals surface area contributed by atoms with E-state index in [2.05, 4.69) is 45.1 Å². The van der Waals surface area contributed by atoms with Crippen LogP contribution in [0.1, 0.15) is 44.2 Å². The quantitative estimate of drug-likeness (QED) is 0.618. The Labute approximate surface area is 143 Å². The van der Waals surface area contributed by atoms with Gasteiger partial charge in [-0.25, -0.2) is 4.39 Å². The summed E-state index contributed by atoms with van der Waals surface area (Å²) in [6, 6.07) is 5.37. The first kappa shape index (κ1) is 15.3. The van der Waals surface area contributed by atoms with E-state index >= 15 is 0 Å². The van der Waals surface area contributed by atoms with Crippen molar-refractivity contribution in [2.24, 2.45) is 16.3 Å². The Hall–Kier alpha value is -2.22. The highest BCUT2D eigenvalue weighted by Gasteiger charge is 2.33. The summed E-state index contributed by atoms with van der Waals surface area (Å²) in [4.78, 5) is 4.71. The number of halogens is 1. The summed E-state index contributed by atoms with van der Waals surface area (Å²) in [7, 11) is 0. The summed E-state index contributed by atoms with van der Waals surface area (Å²) in [5.41, 5.74) is 5.62. The lowest BCUT2D eigenvalue weighted by Crippen LogP contribution is -2.27. The van der Waals surface area contributed by atoms with Crippen molar-refractivity contribution < 1.29 is 4.39 Å². The number of benzene rings is 1. The number of nitrogens with zero attached hydrogens (tertiary/aromatic N) is 1. The molecule has 4 rings (SSSR count). The van der Waals surface area contributed by atoms with Gasteiger partial charge in [-0.1, -0.05) is 61.9 Å². The largest absolute Gasteiger partial charge is 0.260 e. The molecule has 0 saturated heterocycles. The SMILES string of the molecule is CC1=CC(C2=NC=CC3c4cccc(F)c4C=CC23)=CC(C)(C)C1. The lowest BCUT2D eigenvalue weighted by Gasteiger charge is -2.34. The Morgan fingerprint density at radius 1 is 1.17 bits per heavy atom. The molecule has 0 fully saturated rings. The van der Waals surface area contributed by atoms with Crippen molar-refractivity contribution in [2.45, 2.75) is 33.1 Å². The zero-order valence-electron chi connectivity index (χ0n) is 14.4. The standard InChI is InChI=1S/C22H22FN/c1-14-11-15(13-22(2,3)12-14)21-19-8-7-18-16(5-4-6-20(18)23)17(19)9-10-24-21/h4-11,13,17,19H,12H2,1-3H3. The zero-order chi connectivity index (χ0) is 16.9. The predicted molar refractivity (Wildman–Crippen MR) is 98.5 cm³/mol. The van der Waals surface area contributed by atoms with Gasteiger partial charge in [-0.2, -0.15) is 0 Å². The summed E-state index contributed by atoms with van der Waals surface area (Å²) < 4.78 is 14.1. The molecular weight excluding hydrogens is 297 g/mol. The van der Waals surface area contributed by atoms with Crippen LogP contribution in [-0.4, -0.2) is 5.71 Å². The van der Waals surface area contributed by atoms with Gasteiger partial charge in [0.2, 0.25) is 0 Å². The molecule has 2 heteroatoms. The Morgan fingerprint density at radius 3 is 2.79 bits per heavy atom. The van der Waals surface area contributed by atoms with Gasteiger partial charge >= 0.3 is 0 Å². The fourth-order valence-electron chi connectivity index (χ4n) is 4.28. The third kappa shape index (κ3) is 2.50. The number of allylic oxidation sites excluding steroid dienone is 6. The van der Waals surface area contributed by atoms with Crippen LogP contribution in [0.25, 0.3) is 6.08 Å².